The van der Waals surface area contributed by atoms with Gasteiger partial charge in [-0.3, -0.25) is 0 Å². The van der Waals surface area contributed by atoms with Crippen molar-refractivity contribution in [2.24, 2.45) is 0 Å². The number of halogens is 3. The normalized spacial score (nSPS) is 12.8. The molecule has 0 aliphatic rings. The van der Waals surface area contributed by atoms with Crippen LogP contribution in [0.4, 0.5) is 4.39 Å². The molecule has 0 heterocycles. The van der Waals surface area contributed by atoms with Gasteiger partial charge < -0.3 is 10.1 Å². The average molecular weight is 470 g/mol. The number of nitrogens with one attached hydrogen (secondary N) is 1. The van der Waals surface area contributed by atoms with Crippen LogP contribution in [-0.4, -0.2) is 7.11 Å². The summed E-state index contributed by atoms with van der Waals surface area (Å²) in [5.41, 5.74) is 4.10. The number of hydrogen-bond donors (Lipinski definition) is 1. The van der Waals surface area contributed by atoms with Crippen LogP contribution in [0.15, 0.2) is 78.9 Å². The van der Waals surface area contributed by atoms with E-state index in [1.807, 2.05) is 36.4 Å². The van der Waals surface area contributed by atoms with Crippen LogP contribution < -0.4 is 10.1 Å². The fourth-order valence-electron chi connectivity index (χ4n) is 4.00. The smallest absolute Gasteiger partial charge is 0.165 e. The third-order valence-corrected chi connectivity index (χ3v) is 5.93. The summed E-state index contributed by atoms with van der Waals surface area (Å²) in [5.74, 6) is -0.121. The van der Waals surface area contributed by atoms with E-state index in [4.69, 9.17) is 16.3 Å². The standard InChI is InChI=1S/C27H25ClFNO.ClH/c1-17(19-8-6-9-23(28)14-19)30-18(2)22-13-20-7-4-5-10-24(20)25(15-22)21-11-12-27(31-3)26(29)16-21;/h4-18,30H,1-3H3;1H/t17-,18?;/m1./s1. The van der Waals surface area contributed by atoms with E-state index in [0.717, 1.165) is 38.0 Å². The summed E-state index contributed by atoms with van der Waals surface area (Å²) in [6, 6.07) is 25.8. The first-order valence-electron chi connectivity index (χ1n) is 10.3. The van der Waals surface area contributed by atoms with E-state index in [1.54, 1.807) is 6.07 Å². The van der Waals surface area contributed by atoms with Crippen molar-refractivity contribution in [3.05, 3.63) is 101 Å². The van der Waals surface area contributed by atoms with Crippen molar-refractivity contribution in [1.29, 1.82) is 0 Å². The number of rotatable bonds is 6. The first-order valence-corrected chi connectivity index (χ1v) is 10.7. The van der Waals surface area contributed by atoms with Crippen LogP contribution in [-0.2, 0) is 0 Å². The third kappa shape index (κ3) is 5.07. The Bertz CT molecular complexity index is 1230. The van der Waals surface area contributed by atoms with E-state index in [-0.39, 0.29) is 36.1 Å². The van der Waals surface area contributed by atoms with E-state index in [1.165, 1.54) is 13.2 Å². The van der Waals surface area contributed by atoms with Gasteiger partial charge in [0.05, 0.1) is 7.11 Å². The van der Waals surface area contributed by atoms with Crippen LogP contribution in [0.1, 0.15) is 37.1 Å². The van der Waals surface area contributed by atoms with Crippen LogP contribution in [0, 0.1) is 5.82 Å². The number of benzene rings is 4. The molecule has 0 aliphatic heterocycles. The lowest BCUT2D eigenvalue weighted by molar-refractivity contribution is 0.386. The van der Waals surface area contributed by atoms with Crippen molar-refractivity contribution in [2.75, 3.05) is 7.11 Å². The minimum atomic E-state index is -0.366. The Hall–Kier alpha value is -2.59. The van der Waals surface area contributed by atoms with Crippen LogP contribution in [0.2, 0.25) is 5.02 Å². The quantitative estimate of drug-likeness (QED) is 0.307. The predicted molar refractivity (Wildman–Crippen MR) is 135 cm³/mol. The lowest BCUT2D eigenvalue weighted by Crippen LogP contribution is -2.22. The summed E-state index contributed by atoms with van der Waals surface area (Å²) >= 11 is 6.16. The fraction of sp³-hybridized carbons (Fsp3) is 0.185. The monoisotopic (exact) mass is 469 g/mol. The van der Waals surface area contributed by atoms with Crippen LogP contribution in [0.5, 0.6) is 5.75 Å². The van der Waals surface area contributed by atoms with Crippen molar-refractivity contribution in [2.45, 2.75) is 25.9 Å². The highest BCUT2D eigenvalue weighted by Crippen LogP contribution is 2.34. The molecule has 4 aromatic rings. The number of ether oxygens (including phenoxy) is 1. The second-order valence-corrected chi connectivity index (χ2v) is 8.24. The minimum absolute atomic E-state index is 0. The van der Waals surface area contributed by atoms with Gasteiger partial charge in [0.25, 0.3) is 0 Å². The second-order valence-electron chi connectivity index (χ2n) is 7.80. The molecule has 0 radical (unpaired) electrons. The Kier molecular flexibility index (Phi) is 7.78. The fourth-order valence-corrected chi connectivity index (χ4v) is 4.20. The van der Waals surface area contributed by atoms with E-state index in [0.29, 0.717) is 0 Å². The Balaban J connectivity index is 0.00000289. The van der Waals surface area contributed by atoms with Gasteiger partial charge >= 0.3 is 0 Å². The molecule has 0 saturated carbocycles. The van der Waals surface area contributed by atoms with Gasteiger partial charge in [-0.25, -0.2) is 4.39 Å². The van der Waals surface area contributed by atoms with Gasteiger partial charge in [0.2, 0.25) is 0 Å². The number of fused-ring (bicyclic) bond motifs is 1. The Labute approximate surface area is 199 Å². The van der Waals surface area contributed by atoms with E-state index < -0.39 is 0 Å². The van der Waals surface area contributed by atoms with Crippen molar-refractivity contribution in [1.82, 2.24) is 5.32 Å². The highest BCUT2D eigenvalue weighted by atomic mass is 35.5. The summed E-state index contributed by atoms with van der Waals surface area (Å²) in [6.45, 7) is 4.27. The van der Waals surface area contributed by atoms with Crippen LogP contribution >= 0.6 is 24.0 Å². The average Bonchev–Trinajstić information content (AvgIpc) is 2.78. The molecule has 0 aliphatic carbocycles. The van der Waals surface area contributed by atoms with Crippen LogP contribution in [0.3, 0.4) is 0 Å². The predicted octanol–water partition coefficient (Wildman–Crippen LogP) is 8.14. The number of hydrogen-bond acceptors (Lipinski definition) is 2. The van der Waals surface area contributed by atoms with Crippen molar-refractivity contribution in [3.8, 4) is 16.9 Å². The van der Waals surface area contributed by atoms with Crippen molar-refractivity contribution in [3.63, 3.8) is 0 Å². The molecular weight excluding hydrogens is 444 g/mol. The summed E-state index contributed by atoms with van der Waals surface area (Å²) in [4.78, 5) is 0. The van der Waals surface area contributed by atoms with Gasteiger partial charge in [-0.2, -0.15) is 0 Å². The van der Waals surface area contributed by atoms with Gasteiger partial charge in [0.15, 0.2) is 11.6 Å². The molecule has 0 saturated heterocycles. The molecule has 2 nitrogen and oxygen atoms in total. The lowest BCUT2D eigenvalue weighted by atomic mass is 9.93. The Morgan fingerprint density at radius 1 is 0.844 bits per heavy atom. The third-order valence-electron chi connectivity index (χ3n) is 5.70. The van der Waals surface area contributed by atoms with Gasteiger partial charge in [0, 0.05) is 17.1 Å². The molecule has 4 rings (SSSR count). The van der Waals surface area contributed by atoms with E-state index >= 15 is 0 Å². The molecule has 0 aromatic heterocycles. The summed E-state index contributed by atoms with van der Waals surface area (Å²) in [6.07, 6.45) is 0. The molecule has 166 valence electrons. The topological polar surface area (TPSA) is 21.3 Å². The molecule has 0 fully saturated rings. The maximum absolute atomic E-state index is 14.4. The maximum Gasteiger partial charge on any atom is 0.165 e. The first kappa shape index (κ1) is 24.1. The second kappa shape index (κ2) is 10.4. The molecule has 2 atom stereocenters. The summed E-state index contributed by atoms with van der Waals surface area (Å²) < 4.78 is 19.5. The lowest BCUT2D eigenvalue weighted by Gasteiger charge is -2.22. The molecule has 0 amide bonds. The molecule has 4 aromatic carbocycles. The summed E-state index contributed by atoms with van der Waals surface area (Å²) in [5, 5.41) is 6.60. The van der Waals surface area contributed by atoms with Gasteiger partial charge in [0.1, 0.15) is 0 Å². The zero-order valence-corrected chi connectivity index (χ0v) is 19.8. The first-order chi connectivity index (χ1) is 15.0. The molecular formula is C27H26Cl2FNO. The Morgan fingerprint density at radius 2 is 1.59 bits per heavy atom. The van der Waals surface area contributed by atoms with E-state index in [9.17, 15) is 4.39 Å². The van der Waals surface area contributed by atoms with E-state index in [2.05, 4.69) is 49.5 Å². The van der Waals surface area contributed by atoms with Crippen LogP contribution in [0.25, 0.3) is 21.9 Å². The Morgan fingerprint density at radius 3 is 2.31 bits per heavy atom. The molecule has 1 unspecified atom stereocenters. The molecule has 0 bridgehead atoms. The van der Waals surface area contributed by atoms with Crippen molar-refractivity contribution < 1.29 is 9.13 Å². The van der Waals surface area contributed by atoms with Gasteiger partial charge in [-0.1, -0.05) is 54.1 Å². The van der Waals surface area contributed by atoms with Crippen molar-refractivity contribution >= 4 is 34.8 Å². The molecule has 1 N–H and O–H groups in total. The SMILES string of the molecule is COc1ccc(-c2cc(C(C)N[C@H](C)c3cccc(Cl)c3)cc3ccccc23)cc1F.Cl. The van der Waals surface area contributed by atoms with Gasteiger partial charge in [-0.05, 0) is 83.3 Å². The minimum Gasteiger partial charge on any atom is -0.494 e. The molecule has 32 heavy (non-hydrogen) atoms. The zero-order chi connectivity index (χ0) is 22.0. The highest BCUT2D eigenvalue weighted by Gasteiger charge is 2.15. The maximum atomic E-state index is 14.4. The zero-order valence-electron chi connectivity index (χ0n) is 18.2. The largest absolute Gasteiger partial charge is 0.494 e. The molecule has 5 heteroatoms. The number of methoxy groups -OCH3 is 1. The summed E-state index contributed by atoms with van der Waals surface area (Å²) in [7, 11) is 1.47. The highest BCUT2D eigenvalue weighted by molar-refractivity contribution is 6.30. The van der Waals surface area contributed by atoms with Gasteiger partial charge in [-0.15, -0.1) is 12.4 Å². The molecule has 0 spiro atoms.